The predicted molar refractivity (Wildman–Crippen MR) is 79.2 cm³/mol. The maximum Gasteiger partial charge on any atom is 0.184 e. The molecule has 0 unspecified atom stereocenters. The lowest BCUT2D eigenvalue weighted by molar-refractivity contribution is 0.526. The van der Waals surface area contributed by atoms with Crippen molar-refractivity contribution in [2.24, 2.45) is 5.73 Å². The number of nitrogens with two attached hydrogens (primary N) is 1. The summed E-state index contributed by atoms with van der Waals surface area (Å²) in [4.78, 5) is 8.70. The van der Waals surface area contributed by atoms with Gasteiger partial charge in [0, 0.05) is 17.5 Å². The number of nitrogens with zero attached hydrogens (tertiary/aromatic N) is 3. The van der Waals surface area contributed by atoms with E-state index in [0.717, 1.165) is 22.3 Å². The third-order valence-electron chi connectivity index (χ3n) is 3.56. The Morgan fingerprint density at radius 1 is 1.15 bits per heavy atom. The summed E-state index contributed by atoms with van der Waals surface area (Å²) in [6.07, 6.45) is 1.55. The second-order valence-corrected chi connectivity index (χ2v) is 5.47. The molecule has 2 heterocycles. The molecule has 0 aliphatic carbocycles. The minimum absolute atomic E-state index is 0.228. The van der Waals surface area contributed by atoms with Crippen LogP contribution in [-0.4, -0.2) is 26.7 Å². The summed E-state index contributed by atoms with van der Waals surface area (Å²) in [5, 5.41) is 8.31. The molecule has 3 N–H and O–H groups in total. The Morgan fingerprint density at radius 3 is 2.60 bits per heavy atom. The van der Waals surface area contributed by atoms with E-state index in [1.807, 2.05) is 30.3 Å². The molecule has 0 aliphatic heterocycles. The van der Waals surface area contributed by atoms with Crippen LogP contribution in [0.2, 0.25) is 0 Å². The molecule has 0 aliphatic rings. The average molecular weight is 267 g/mol. The molecule has 5 nitrogen and oxygen atoms in total. The second kappa shape index (κ2) is 4.68. The Kier molecular flexibility index (Phi) is 2.99. The number of aromatic amines is 1. The Bertz CT molecular complexity index is 730. The van der Waals surface area contributed by atoms with Crippen LogP contribution in [0.15, 0.2) is 36.7 Å². The van der Waals surface area contributed by atoms with Crippen LogP contribution in [0.4, 0.5) is 0 Å². The summed E-state index contributed by atoms with van der Waals surface area (Å²) in [5.41, 5.74) is 9.28. The standard InChI is InChI=1S/C15H17N5/c1-15(2,8-16)13-11-12(10-6-4-3-5-7-10)19-20-14(11)18-9-17-13/h3-7,9H,8,16H2,1-2H3,(H,17,18,19,20). The van der Waals surface area contributed by atoms with Gasteiger partial charge in [-0.15, -0.1) is 0 Å². The number of hydrogen-bond acceptors (Lipinski definition) is 4. The van der Waals surface area contributed by atoms with Crippen molar-refractivity contribution in [2.45, 2.75) is 19.3 Å². The van der Waals surface area contributed by atoms with Gasteiger partial charge < -0.3 is 5.73 Å². The van der Waals surface area contributed by atoms with Crippen molar-refractivity contribution in [1.29, 1.82) is 0 Å². The second-order valence-electron chi connectivity index (χ2n) is 5.47. The van der Waals surface area contributed by atoms with Gasteiger partial charge in [-0.1, -0.05) is 44.2 Å². The molecule has 0 atom stereocenters. The molecule has 2 aromatic heterocycles. The highest BCUT2D eigenvalue weighted by Crippen LogP contribution is 2.32. The first-order chi connectivity index (χ1) is 9.63. The van der Waals surface area contributed by atoms with Crippen molar-refractivity contribution < 1.29 is 0 Å². The van der Waals surface area contributed by atoms with Gasteiger partial charge in [-0.25, -0.2) is 9.97 Å². The lowest BCUT2D eigenvalue weighted by Crippen LogP contribution is -2.29. The Labute approximate surface area is 117 Å². The molecule has 0 radical (unpaired) electrons. The van der Waals surface area contributed by atoms with Gasteiger partial charge in [0.25, 0.3) is 0 Å². The molecule has 0 bridgehead atoms. The van der Waals surface area contributed by atoms with Crippen LogP contribution < -0.4 is 5.73 Å². The number of fused-ring (bicyclic) bond motifs is 1. The van der Waals surface area contributed by atoms with E-state index >= 15 is 0 Å². The highest BCUT2D eigenvalue weighted by Gasteiger charge is 2.26. The van der Waals surface area contributed by atoms with Crippen LogP contribution in [0.3, 0.4) is 0 Å². The minimum Gasteiger partial charge on any atom is -0.330 e. The molecule has 0 amide bonds. The number of aromatic nitrogens is 4. The lowest BCUT2D eigenvalue weighted by atomic mass is 9.86. The van der Waals surface area contributed by atoms with Crippen molar-refractivity contribution >= 4 is 11.0 Å². The zero-order valence-electron chi connectivity index (χ0n) is 11.6. The molecule has 0 spiro atoms. The van der Waals surface area contributed by atoms with Gasteiger partial charge in [0.1, 0.15) is 6.33 Å². The van der Waals surface area contributed by atoms with Crippen LogP contribution in [-0.2, 0) is 5.41 Å². The fraction of sp³-hybridized carbons (Fsp3) is 0.267. The molecular weight excluding hydrogens is 250 g/mol. The van der Waals surface area contributed by atoms with E-state index in [1.54, 1.807) is 6.33 Å². The number of rotatable bonds is 3. The molecule has 0 saturated heterocycles. The van der Waals surface area contributed by atoms with Crippen LogP contribution >= 0.6 is 0 Å². The molecule has 20 heavy (non-hydrogen) atoms. The molecule has 3 rings (SSSR count). The van der Waals surface area contributed by atoms with Crippen molar-refractivity contribution in [3.63, 3.8) is 0 Å². The molecule has 1 aromatic carbocycles. The SMILES string of the molecule is CC(C)(CN)c1ncnc2n[nH]c(-c3ccccc3)c12. The maximum atomic E-state index is 5.90. The van der Waals surface area contributed by atoms with Gasteiger partial charge in [-0.3, -0.25) is 5.10 Å². The van der Waals surface area contributed by atoms with Gasteiger partial charge >= 0.3 is 0 Å². The van der Waals surface area contributed by atoms with E-state index in [-0.39, 0.29) is 5.41 Å². The van der Waals surface area contributed by atoms with Crippen molar-refractivity contribution in [2.75, 3.05) is 6.54 Å². The highest BCUT2D eigenvalue weighted by atomic mass is 15.2. The van der Waals surface area contributed by atoms with E-state index in [4.69, 9.17) is 5.73 Å². The molecule has 5 heteroatoms. The quantitative estimate of drug-likeness (QED) is 0.762. The first-order valence-corrected chi connectivity index (χ1v) is 6.58. The third-order valence-corrected chi connectivity index (χ3v) is 3.56. The van der Waals surface area contributed by atoms with E-state index in [9.17, 15) is 0 Å². The predicted octanol–water partition coefficient (Wildman–Crippen LogP) is 2.26. The first kappa shape index (κ1) is 12.7. The summed E-state index contributed by atoms with van der Waals surface area (Å²) in [7, 11) is 0. The van der Waals surface area contributed by atoms with E-state index in [2.05, 4.69) is 34.0 Å². The van der Waals surface area contributed by atoms with Crippen LogP contribution in [0, 0.1) is 0 Å². The summed E-state index contributed by atoms with van der Waals surface area (Å²) in [6, 6.07) is 10.1. The summed E-state index contributed by atoms with van der Waals surface area (Å²) < 4.78 is 0. The summed E-state index contributed by atoms with van der Waals surface area (Å²) in [5.74, 6) is 0. The van der Waals surface area contributed by atoms with Crippen molar-refractivity contribution in [3.05, 3.63) is 42.4 Å². The monoisotopic (exact) mass is 267 g/mol. The van der Waals surface area contributed by atoms with Crippen LogP contribution in [0.1, 0.15) is 19.5 Å². The zero-order valence-corrected chi connectivity index (χ0v) is 11.6. The smallest absolute Gasteiger partial charge is 0.184 e. The first-order valence-electron chi connectivity index (χ1n) is 6.58. The summed E-state index contributed by atoms with van der Waals surface area (Å²) in [6.45, 7) is 4.67. The van der Waals surface area contributed by atoms with E-state index in [1.165, 1.54) is 0 Å². The Balaban J connectivity index is 2.31. The lowest BCUT2D eigenvalue weighted by Gasteiger charge is -2.22. The maximum absolute atomic E-state index is 5.90. The van der Waals surface area contributed by atoms with Crippen molar-refractivity contribution in [3.8, 4) is 11.3 Å². The van der Waals surface area contributed by atoms with Gasteiger partial charge in [-0.05, 0) is 0 Å². The van der Waals surface area contributed by atoms with Crippen molar-refractivity contribution in [1.82, 2.24) is 20.2 Å². The summed E-state index contributed by atoms with van der Waals surface area (Å²) >= 11 is 0. The van der Waals surface area contributed by atoms with Gasteiger partial charge in [0.15, 0.2) is 5.65 Å². The Morgan fingerprint density at radius 2 is 1.90 bits per heavy atom. The molecule has 0 fully saturated rings. The largest absolute Gasteiger partial charge is 0.330 e. The highest BCUT2D eigenvalue weighted by molar-refractivity contribution is 5.93. The number of nitrogens with one attached hydrogen (secondary N) is 1. The molecular formula is C15H17N5. The number of H-pyrrole nitrogens is 1. The Hall–Kier alpha value is -2.27. The normalized spacial score (nSPS) is 11.9. The van der Waals surface area contributed by atoms with E-state index < -0.39 is 0 Å². The fourth-order valence-electron chi connectivity index (χ4n) is 2.28. The topological polar surface area (TPSA) is 80.5 Å². The van der Waals surface area contributed by atoms with Crippen LogP contribution in [0.5, 0.6) is 0 Å². The van der Waals surface area contributed by atoms with E-state index in [0.29, 0.717) is 12.2 Å². The van der Waals surface area contributed by atoms with Gasteiger partial charge in [-0.2, -0.15) is 5.10 Å². The molecule has 0 saturated carbocycles. The van der Waals surface area contributed by atoms with Gasteiger partial charge in [0.2, 0.25) is 0 Å². The van der Waals surface area contributed by atoms with Gasteiger partial charge in [0.05, 0.1) is 16.8 Å². The zero-order chi connectivity index (χ0) is 14.2. The number of benzene rings is 1. The van der Waals surface area contributed by atoms with Crippen LogP contribution in [0.25, 0.3) is 22.3 Å². The molecule has 3 aromatic rings. The average Bonchev–Trinajstić information content (AvgIpc) is 2.92. The third kappa shape index (κ3) is 1.96. The minimum atomic E-state index is -0.228. The fourth-order valence-corrected chi connectivity index (χ4v) is 2.28. The number of hydrogen-bond donors (Lipinski definition) is 2. The molecule has 102 valence electrons.